The Kier molecular flexibility index (Phi) is 4.22. The van der Waals surface area contributed by atoms with Crippen LogP contribution in [0.25, 0.3) is 17.2 Å². The van der Waals surface area contributed by atoms with Crippen molar-refractivity contribution in [1.29, 1.82) is 5.26 Å². The minimum atomic E-state index is -0.320. The lowest BCUT2D eigenvalue weighted by Gasteiger charge is -2.40. The Morgan fingerprint density at radius 2 is 1.88 bits per heavy atom. The highest BCUT2D eigenvalue weighted by molar-refractivity contribution is 5.91. The molecule has 3 rings (SSSR count). The second-order valence-corrected chi connectivity index (χ2v) is 6.97. The molecule has 0 amide bonds. The molecule has 1 heterocycles. The van der Waals surface area contributed by atoms with Crippen molar-refractivity contribution in [2.75, 3.05) is 11.9 Å². The minimum absolute atomic E-state index is 0.164. The number of nitrogens with zero attached hydrogens (tertiary/aromatic N) is 2. The zero-order valence-corrected chi connectivity index (χ0v) is 15.0. The zero-order valence-electron chi connectivity index (χ0n) is 15.0. The Morgan fingerprint density at radius 1 is 1.20 bits per heavy atom. The third kappa shape index (κ3) is 3.08. The zero-order chi connectivity index (χ0) is 18.2. The average molecular weight is 332 g/mol. The number of nitriles is 1. The molecule has 0 aromatic heterocycles. The fourth-order valence-corrected chi connectivity index (χ4v) is 3.25. The van der Waals surface area contributed by atoms with E-state index in [0.717, 1.165) is 22.4 Å². The number of likely N-dealkylation sites (N-methyl/N-ethyl adjacent to an activating group) is 1. The largest absolute Gasteiger partial charge is 0.365 e. The first-order valence-corrected chi connectivity index (χ1v) is 8.28. The van der Waals surface area contributed by atoms with E-state index < -0.39 is 0 Å². The summed E-state index contributed by atoms with van der Waals surface area (Å²) in [6, 6.07) is 14.9. The van der Waals surface area contributed by atoms with Gasteiger partial charge in [0, 0.05) is 23.9 Å². The SMILES string of the molecule is CC1=CC(C)(C)N(C)c2cc(F)c(/C=C(/C#N)c3ccccc3)cc21. The highest BCUT2D eigenvalue weighted by Crippen LogP contribution is 2.39. The second kappa shape index (κ2) is 6.22. The number of halogens is 1. The van der Waals surface area contributed by atoms with Gasteiger partial charge in [0.1, 0.15) is 5.82 Å². The molecule has 1 aliphatic heterocycles. The van der Waals surface area contributed by atoms with Gasteiger partial charge in [-0.2, -0.15) is 5.26 Å². The molecule has 2 nitrogen and oxygen atoms in total. The van der Waals surface area contributed by atoms with Crippen molar-refractivity contribution in [2.45, 2.75) is 26.3 Å². The molecule has 0 unspecified atom stereocenters. The van der Waals surface area contributed by atoms with Crippen molar-refractivity contribution in [3.05, 3.63) is 71.0 Å². The summed E-state index contributed by atoms with van der Waals surface area (Å²) >= 11 is 0. The van der Waals surface area contributed by atoms with Crippen LogP contribution < -0.4 is 4.90 Å². The van der Waals surface area contributed by atoms with Crippen LogP contribution in [0.4, 0.5) is 10.1 Å². The van der Waals surface area contributed by atoms with Gasteiger partial charge in [0.25, 0.3) is 0 Å². The van der Waals surface area contributed by atoms with Gasteiger partial charge >= 0.3 is 0 Å². The fraction of sp³-hybridized carbons (Fsp3) is 0.227. The Bertz CT molecular complexity index is 915. The molecule has 0 N–H and O–H groups in total. The predicted octanol–water partition coefficient (Wildman–Crippen LogP) is 5.52. The Balaban J connectivity index is 2.13. The highest BCUT2D eigenvalue weighted by Gasteiger charge is 2.29. The van der Waals surface area contributed by atoms with Crippen LogP contribution in [0.5, 0.6) is 0 Å². The Hall–Kier alpha value is -2.86. The van der Waals surface area contributed by atoms with Crippen LogP contribution in [-0.4, -0.2) is 12.6 Å². The summed E-state index contributed by atoms with van der Waals surface area (Å²) in [4.78, 5) is 2.08. The summed E-state index contributed by atoms with van der Waals surface area (Å²) in [5.74, 6) is -0.320. The molecular weight excluding hydrogens is 311 g/mol. The molecule has 0 fully saturated rings. The lowest BCUT2D eigenvalue weighted by Crippen LogP contribution is -2.42. The Morgan fingerprint density at radius 3 is 2.52 bits per heavy atom. The topological polar surface area (TPSA) is 27.0 Å². The van der Waals surface area contributed by atoms with E-state index in [1.165, 1.54) is 0 Å². The average Bonchev–Trinajstić information content (AvgIpc) is 2.59. The third-order valence-corrected chi connectivity index (χ3v) is 4.84. The number of hydrogen-bond donors (Lipinski definition) is 0. The molecular formula is C22H21FN2. The van der Waals surface area contributed by atoms with Crippen LogP contribution in [0.3, 0.4) is 0 Å². The number of benzene rings is 2. The van der Waals surface area contributed by atoms with Gasteiger partial charge < -0.3 is 4.90 Å². The third-order valence-electron chi connectivity index (χ3n) is 4.84. The van der Waals surface area contributed by atoms with Gasteiger partial charge in [-0.1, -0.05) is 36.4 Å². The molecule has 0 bridgehead atoms. The normalized spacial score (nSPS) is 16.1. The van der Waals surface area contributed by atoms with E-state index in [-0.39, 0.29) is 11.4 Å². The lowest BCUT2D eigenvalue weighted by molar-refractivity contribution is 0.588. The molecule has 0 saturated heterocycles. The summed E-state index contributed by atoms with van der Waals surface area (Å²) in [5, 5.41) is 9.47. The van der Waals surface area contributed by atoms with Gasteiger partial charge in [-0.25, -0.2) is 4.39 Å². The minimum Gasteiger partial charge on any atom is -0.365 e. The van der Waals surface area contributed by atoms with E-state index >= 15 is 0 Å². The van der Waals surface area contributed by atoms with Crippen LogP contribution in [-0.2, 0) is 0 Å². The first-order valence-electron chi connectivity index (χ1n) is 8.28. The summed E-state index contributed by atoms with van der Waals surface area (Å²) in [7, 11) is 1.97. The smallest absolute Gasteiger partial charge is 0.132 e. The van der Waals surface area contributed by atoms with E-state index in [4.69, 9.17) is 0 Å². The van der Waals surface area contributed by atoms with E-state index in [1.807, 2.05) is 50.4 Å². The first kappa shape index (κ1) is 17.0. The molecule has 0 atom stereocenters. The van der Waals surface area contributed by atoms with Gasteiger partial charge in [0.05, 0.1) is 17.2 Å². The molecule has 2 aromatic rings. The van der Waals surface area contributed by atoms with Crippen molar-refractivity contribution in [1.82, 2.24) is 0 Å². The van der Waals surface area contributed by atoms with E-state index in [2.05, 4.69) is 30.9 Å². The lowest BCUT2D eigenvalue weighted by atomic mass is 9.88. The number of allylic oxidation sites excluding steroid dienone is 2. The fourth-order valence-electron chi connectivity index (χ4n) is 3.25. The highest BCUT2D eigenvalue weighted by atomic mass is 19.1. The van der Waals surface area contributed by atoms with Crippen LogP contribution in [0.2, 0.25) is 0 Å². The quantitative estimate of drug-likeness (QED) is 0.535. The second-order valence-electron chi connectivity index (χ2n) is 6.97. The van der Waals surface area contributed by atoms with E-state index in [1.54, 1.807) is 12.1 Å². The van der Waals surface area contributed by atoms with Gasteiger partial charge in [0.15, 0.2) is 0 Å². The summed E-state index contributed by atoms with van der Waals surface area (Å²) in [6.07, 6.45) is 3.81. The summed E-state index contributed by atoms with van der Waals surface area (Å²) < 4.78 is 14.7. The number of hydrogen-bond acceptors (Lipinski definition) is 2. The molecule has 0 radical (unpaired) electrons. The van der Waals surface area contributed by atoms with Crippen LogP contribution in [0, 0.1) is 17.1 Å². The monoisotopic (exact) mass is 332 g/mol. The van der Waals surface area contributed by atoms with Gasteiger partial charge in [-0.15, -0.1) is 0 Å². The van der Waals surface area contributed by atoms with Crippen molar-refractivity contribution >= 4 is 22.9 Å². The number of fused-ring (bicyclic) bond motifs is 1. The van der Waals surface area contributed by atoms with Gasteiger partial charge in [-0.05, 0) is 50.1 Å². The number of rotatable bonds is 2. The summed E-state index contributed by atoms with van der Waals surface area (Å²) in [5.41, 5.74) is 4.49. The molecule has 2 aromatic carbocycles. The molecule has 0 aliphatic carbocycles. The molecule has 25 heavy (non-hydrogen) atoms. The summed E-state index contributed by atoms with van der Waals surface area (Å²) in [6.45, 7) is 6.25. The molecule has 3 heteroatoms. The van der Waals surface area contributed by atoms with Crippen LogP contribution in [0.15, 0.2) is 48.5 Å². The maximum Gasteiger partial charge on any atom is 0.132 e. The predicted molar refractivity (Wildman–Crippen MR) is 102 cm³/mol. The van der Waals surface area contributed by atoms with E-state index in [9.17, 15) is 9.65 Å². The Labute approximate surface area is 148 Å². The maximum atomic E-state index is 14.7. The number of anilines is 1. The molecule has 0 spiro atoms. The molecule has 0 saturated carbocycles. The van der Waals surface area contributed by atoms with Gasteiger partial charge in [0.2, 0.25) is 0 Å². The maximum absolute atomic E-state index is 14.7. The van der Waals surface area contributed by atoms with Crippen molar-refractivity contribution in [3.63, 3.8) is 0 Å². The van der Waals surface area contributed by atoms with Crippen LogP contribution in [0.1, 0.15) is 37.5 Å². The van der Waals surface area contributed by atoms with Crippen molar-refractivity contribution < 1.29 is 4.39 Å². The molecule has 126 valence electrons. The molecule has 1 aliphatic rings. The van der Waals surface area contributed by atoms with E-state index in [0.29, 0.717) is 11.1 Å². The van der Waals surface area contributed by atoms with Crippen molar-refractivity contribution in [3.8, 4) is 6.07 Å². The van der Waals surface area contributed by atoms with Crippen LogP contribution >= 0.6 is 0 Å². The van der Waals surface area contributed by atoms with Crippen molar-refractivity contribution in [2.24, 2.45) is 0 Å². The van der Waals surface area contributed by atoms with Gasteiger partial charge in [-0.3, -0.25) is 0 Å². The first-order chi connectivity index (χ1) is 11.8. The standard InChI is InChI=1S/C22H21FN2/c1-15-13-22(2,3)25(4)21-12-20(23)17(11-19(15)21)10-18(14-24)16-8-6-5-7-9-16/h5-13H,1-4H3/b18-10-.